The molecule has 178 valence electrons. The summed E-state index contributed by atoms with van der Waals surface area (Å²) >= 11 is 0. The van der Waals surface area contributed by atoms with Crippen molar-refractivity contribution in [1.82, 2.24) is 15.0 Å². The van der Waals surface area contributed by atoms with Crippen molar-refractivity contribution in [1.29, 1.82) is 0 Å². The van der Waals surface area contributed by atoms with Crippen LogP contribution in [0.4, 0.5) is 42.0 Å². The minimum Gasteiger partial charge on any atom is -0.406 e. The van der Waals surface area contributed by atoms with Gasteiger partial charge in [0, 0.05) is 29.2 Å². The van der Waals surface area contributed by atoms with Crippen LogP contribution in [0.5, 0.6) is 5.75 Å². The Kier molecular flexibility index (Phi) is 6.76. The van der Waals surface area contributed by atoms with Crippen molar-refractivity contribution >= 4 is 34.7 Å². The van der Waals surface area contributed by atoms with E-state index >= 15 is 0 Å². The van der Waals surface area contributed by atoms with E-state index in [-0.39, 0.29) is 5.56 Å². The molecule has 0 aliphatic rings. The predicted octanol–water partition coefficient (Wildman–Crippen LogP) is 5.82. The molecule has 4 aromatic rings. The third-order valence-corrected chi connectivity index (χ3v) is 4.58. The van der Waals surface area contributed by atoms with Crippen LogP contribution in [0.3, 0.4) is 0 Å². The standard InChI is InChI=1S/C24H19F3N6O2/c1-15-9-10-28-20(11-15)33-22-13-21(29-14-30-22)31-17-5-7-18(8-6-17)32-23(34)16-3-2-4-19(12-16)35-24(25,26)27/h2-14H,1H3,(H,32,34)(H2,28,29,30,31,33). The maximum Gasteiger partial charge on any atom is 0.573 e. The molecule has 4 rings (SSSR count). The van der Waals surface area contributed by atoms with Crippen LogP contribution in [0.1, 0.15) is 15.9 Å². The van der Waals surface area contributed by atoms with Gasteiger partial charge in [-0.05, 0) is 67.1 Å². The molecule has 8 nitrogen and oxygen atoms in total. The van der Waals surface area contributed by atoms with Crippen LogP contribution < -0.4 is 20.7 Å². The number of anilines is 5. The van der Waals surface area contributed by atoms with Crippen LogP contribution in [0.15, 0.2) is 79.3 Å². The van der Waals surface area contributed by atoms with Gasteiger partial charge in [0.05, 0.1) is 0 Å². The van der Waals surface area contributed by atoms with Crippen molar-refractivity contribution in [2.45, 2.75) is 13.3 Å². The van der Waals surface area contributed by atoms with Crippen molar-refractivity contribution in [3.8, 4) is 5.75 Å². The molecule has 1 amide bonds. The molecule has 2 heterocycles. The molecule has 0 unspecified atom stereocenters. The first-order valence-corrected chi connectivity index (χ1v) is 10.3. The number of benzene rings is 2. The van der Waals surface area contributed by atoms with Crippen LogP contribution in [0.25, 0.3) is 0 Å². The number of carbonyl (C=O) groups is 1. The molecular weight excluding hydrogens is 461 g/mol. The van der Waals surface area contributed by atoms with Gasteiger partial charge in [0.2, 0.25) is 0 Å². The lowest BCUT2D eigenvalue weighted by Gasteiger charge is -2.11. The summed E-state index contributed by atoms with van der Waals surface area (Å²) in [6.07, 6.45) is -1.73. The Bertz CT molecular complexity index is 1330. The van der Waals surface area contributed by atoms with E-state index in [9.17, 15) is 18.0 Å². The van der Waals surface area contributed by atoms with Crippen molar-refractivity contribution in [2.24, 2.45) is 0 Å². The molecule has 11 heteroatoms. The maximum absolute atomic E-state index is 12.4. The molecule has 3 N–H and O–H groups in total. The van der Waals surface area contributed by atoms with Crippen molar-refractivity contribution in [2.75, 3.05) is 16.0 Å². The smallest absolute Gasteiger partial charge is 0.406 e. The fourth-order valence-corrected chi connectivity index (χ4v) is 3.05. The van der Waals surface area contributed by atoms with E-state index in [2.05, 4.69) is 35.6 Å². The van der Waals surface area contributed by atoms with Gasteiger partial charge in [-0.25, -0.2) is 15.0 Å². The lowest BCUT2D eigenvalue weighted by atomic mass is 10.2. The number of hydrogen-bond acceptors (Lipinski definition) is 7. The number of carbonyl (C=O) groups excluding carboxylic acids is 1. The number of nitrogens with zero attached hydrogens (tertiary/aromatic N) is 3. The van der Waals surface area contributed by atoms with E-state index in [4.69, 9.17) is 0 Å². The third-order valence-electron chi connectivity index (χ3n) is 4.58. The normalized spacial score (nSPS) is 11.0. The number of pyridine rings is 1. The number of halogens is 3. The highest BCUT2D eigenvalue weighted by molar-refractivity contribution is 6.04. The zero-order valence-electron chi connectivity index (χ0n) is 18.3. The lowest BCUT2D eigenvalue weighted by Crippen LogP contribution is -2.18. The Hall–Kier alpha value is -4.67. The highest BCUT2D eigenvalue weighted by Gasteiger charge is 2.31. The summed E-state index contributed by atoms with van der Waals surface area (Å²) in [5.41, 5.74) is 2.24. The van der Waals surface area contributed by atoms with Gasteiger partial charge in [0.1, 0.15) is 29.5 Å². The minimum atomic E-state index is -4.84. The third kappa shape index (κ3) is 6.90. The number of hydrogen-bond donors (Lipinski definition) is 3. The zero-order chi connectivity index (χ0) is 24.8. The Morgan fingerprint density at radius 1 is 0.829 bits per heavy atom. The second-order valence-corrected chi connectivity index (χ2v) is 7.36. The lowest BCUT2D eigenvalue weighted by molar-refractivity contribution is -0.274. The average molecular weight is 480 g/mol. The molecule has 0 fully saturated rings. The fraction of sp³-hybridized carbons (Fsp3) is 0.0833. The molecule has 0 bridgehead atoms. The minimum absolute atomic E-state index is 0.0260. The zero-order valence-corrected chi connectivity index (χ0v) is 18.3. The quantitative estimate of drug-likeness (QED) is 0.306. The topological polar surface area (TPSA) is 101 Å². The number of ether oxygens (including phenoxy) is 1. The van der Waals surface area contributed by atoms with Gasteiger partial charge in [-0.1, -0.05) is 6.07 Å². The van der Waals surface area contributed by atoms with Crippen molar-refractivity contribution in [3.05, 3.63) is 90.4 Å². The molecule has 2 aromatic heterocycles. The number of rotatable bonds is 7. The van der Waals surface area contributed by atoms with Crippen LogP contribution in [0, 0.1) is 6.92 Å². The van der Waals surface area contributed by atoms with E-state index in [1.165, 1.54) is 18.5 Å². The summed E-state index contributed by atoms with van der Waals surface area (Å²) < 4.78 is 41.1. The van der Waals surface area contributed by atoms with Gasteiger partial charge in [0.25, 0.3) is 5.91 Å². The molecule has 35 heavy (non-hydrogen) atoms. The Labute approximate surface area is 198 Å². The molecular formula is C24H19F3N6O2. The summed E-state index contributed by atoms with van der Waals surface area (Å²) in [7, 11) is 0. The van der Waals surface area contributed by atoms with Gasteiger partial charge < -0.3 is 20.7 Å². The molecule has 0 spiro atoms. The molecule has 0 radical (unpaired) electrons. The molecule has 0 saturated carbocycles. The summed E-state index contributed by atoms with van der Waals surface area (Å²) in [4.78, 5) is 25.0. The number of nitrogens with one attached hydrogen (secondary N) is 3. The van der Waals surface area contributed by atoms with Gasteiger partial charge >= 0.3 is 6.36 Å². The number of aryl methyl sites for hydroxylation is 1. The van der Waals surface area contributed by atoms with Crippen LogP contribution >= 0.6 is 0 Å². The molecule has 0 aliphatic heterocycles. The van der Waals surface area contributed by atoms with Crippen molar-refractivity contribution in [3.63, 3.8) is 0 Å². The van der Waals surface area contributed by atoms with Gasteiger partial charge in [-0.2, -0.15) is 0 Å². The Balaban J connectivity index is 1.38. The van der Waals surface area contributed by atoms with Crippen LogP contribution in [-0.2, 0) is 0 Å². The van der Waals surface area contributed by atoms with Gasteiger partial charge in [-0.3, -0.25) is 4.79 Å². The summed E-state index contributed by atoms with van der Waals surface area (Å²) in [6, 6.07) is 17.1. The highest BCUT2D eigenvalue weighted by Crippen LogP contribution is 2.24. The number of alkyl halides is 3. The fourth-order valence-electron chi connectivity index (χ4n) is 3.05. The van der Waals surface area contributed by atoms with Gasteiger partial charge in [-0.15, -0.1) is 13.2 Å². The molecule has 0 atom stereocenters. The first-order chi connectivity index (χ1) is 16.7. The second kappa shape index (κ2) is 10.1. The second-order valence-electron chi connectivity index (χ2n) is 7.36. The summed E-state index contributed by atoms with van der Waals surface area (Å²) in [6.45, 7) is 1.96. The van der Waals surface area contributed by atoms with E-state index in [1.54, 1.807) is 36.5 Å². The number of aromatic nitrogens is 3. The monoisotopic (exact) mass is 480 g/mol. The van der Waals surface area contributed by atoms with Gasteiger partial charge in [0.15, 0.2) is 0 Å². The first-order valence-electron chi connectivity index (χ1n) is 10.3. The van der Waals surface area contributed by atoms with E-state index < -0.39 is 18.0 Å². The van der Waals surface area contributed by atoms with E-state index in [0.29, 0.717) is 28.8 Å². The summed E-state index contributed by atoms with van der Waals surface area (Å²) in [5, 5.41) is 8.88. The average Bonchev–Trinajstić information content (AvgIpc) is 2.80. The molecule has 0 aliphatic carbocycles. The Morgan fingerprint density at radius 2 is 1.51 bits per heavy atom. The van der Waals surface area contributed by atoms with Crippen molar-refractivity contribution < 1.29 is 22.7 Å². The molecule has 0 saturated heterocycles. The van der Waals surface area contributed by atoms with Crippen LogP contribution in [-0.4, -0.2) is 27.2 Å². The maximum atomic E-state index is 12.4. The largest absolute Gasteiger partial charge is 0.573 e. The molecule has 2 aromatic carbocycles. The number of amides is 1. The first kappa shape index (κ1) is 23.5. The highest BCUT2D eigenvalue weighted by atomic mass is 19.4. The van der Waals surface area contributed by atoms with Crippen LogP contribution in [0.2, 0.25) is 0 Å². The Morgan fingerprint density at radius 3 is 2.23 bits per heavy atom. The van der Waals surface area contributed by atoms with E-state index in [0.717, 1.165) is 17.7 Å². The SMILES string of the molecule is Cc1ccnc(Nc2cc(Nc3ccc(NC(=O)c4cccc(OC(F)(F)F)c4)cc3)ncn2)c1. The predicted molar refractivity (Wildman–Crippen MR) is 125 cm³/mol. The van der Waals surface area contributed by atoms with E-state index in [1.807, 2.05) is 19.1 Å². The summed E-state index contributed by atoms with van der Waals surface area (Å²) in [5.74, 6) is 0.705.